The minimum Gasteiger partial charge on any atom is -0.489 e. The summed E-state index contributed by atoms with van der Waals surface area (Å²) >= 11 is 0. The Morgan fingerprint density at radius 2 is 1.65 bits per heavy atom. The zero-order valence-electron chi connectivity index (χ0n) is 20.8. The Morgan fingerprint density at radius 3 is 2.27 bits per heavy atom. The third kappa shape index (κ3) is 6.61. The van der Waals surface area contributed by atoms with Gasteiger partial charge in [0.15, 0.2) is 11.5 Å². The molecule has 5 nitrogen and oxygen atoms in total. The number of fused-ring (bicyclic) bond motifs is 2. The maximum atomic E-state index is 13.3. The van der Waals surface area contributed by atoms with Crippen LogP contribution in [0.4, 0.5) is 26.3 Å². The number of hydroxylamine groups is 2. The lowest BCUT2D eigenvalue weighted by Gasteiger charge is -2.49. The second-order valence-corrected chi connectivity index (χ2v) is 10.2. The van der Waals surface area contributed by atoms with Crippen molar-refractivity contribution < 1.29 is 40.7 Å². The summed E-state index contributed by atoms with van der Waals surface area (Å²) in [6.45, 7) is 6.11. The molecule has 2 fully saturated rings. The van der Waals surface area contributed by atoms with Crippen LogP contribution in [0.25, 0.3) is 0 Å². The fraction of sp³-hybridized carbons (Fsp3) is 0.577. The van der Waals surface area contributed by atoms with Gasteiger partial charge in [0.05, 0.1) is 23.8 Å². The monoisotopic (exact) mass is 532 g/mol. The number of halogens is 6. The molecule has 3 heterocycles. The van der Waals surface area contributed by atoms with Gasteiger partial charge in [-0.25, -0.2) is 4.98 Å². The number of ether oxygens (including phenoxy) is 2. The highest BCUT2D eigenvalue weighted by Crippen LogP contribution is 2.42. The van der Waals surface area contributed by atoms with Crippen molar-refractivity contribution in [1.82, 2.24) is 10.0 Å². The zero-order chi connectivity index (χ0) is 27.0. The van der Waals surface area contributed by atoms with Crippen LogP contribution in [0.5, 0.6) is 17.4 Å². The summed E-state index contributed by atoms with van der Waals surface area (Å²) in [4.78, 5) is 9.78. The lowest BCUT2D eigenvalue weighted by atomic mass is 9.78. The van der Waals surface area contributed by atoms with Crippen molar-refractivity contribution in [2.45, 2.75) is 77.0 Å². The molecule has 37 heavy (non-hydrogen) atoms. The van der Waals surface area contributed by atoms with E-state index in [9.17, 15) is 26.3 Å². The lowest BCUT2D eigenvalue weighted by Crippen LogP contribution is -2.58. The highest BCUT2D eigenvalue weighted by molar-refractivity contribution is 5.44. The van der Waals surface area contributed by atoms with Crippen LogP contribution in [0.1, 0.15) is 57.6 Å². The molecular formula is C26H30F6N2O3. The van der Waals surface area contributed by atoms with Crippen LogP contribution in [0.3, 0.4) is 0 Å². The molecule has 4 atom stereocenters. The van der Waals surface area contributed by atoms with Crippen molar-refractivity contribution >= 4 is 0 Å². The van der Waals surface area contributed by atoms with Crippen molar-refractivity contribution in [2.24, 2.45) is 11.8 Å². The molecule has 1 aromatic carbocycles. The zero-order valence-corrected chi connectivity index (χ0v) is 20.8. The van der Waals surface area contributed by atoms with E-state index < -0.39 is 23.5 Å². The van der Waals surface area contributed by atoms with E-state index in [1.165, 1.54) is 12.1 Å². The lowest BCUT2D eigenvalue weighted by molar-refractivity contribution is -0.199. The minimum atomic E-state index is -4.50. The van der Waals surface area contributed by atoms with Gasteiger partial charge in [0.25, 0.3) is 0 Å². The number of benzene rings is 1. The molecule has 204 valence electrons. The fourth-order valence-corrected chi connectivity index (χ4v) is 4.80. The first kappa shape index (κ1) is 27.3. The van der Waals surface area contributed by atoms with Gasteiger partial charge >= 0.3 is 12.4 Å². The molecule has 2 aliphatic heterocycles. The number of hydrogen-bond donors (Lipinski definition) is 0. The summed E-state index contributed by atoms with van der Waals surface area (Å²) < 4.78 is 90.3. The predicted octanol–water partition coefficient (Wildman–Crippen LogP) is 7.16. The molecule has 0 N–H and O–H groups in total. The second kappa shape index (κ2) is 10.6. The maximum Gasteiger partial charge on any atom is 0.417 e. The number of rotatable bonds is 7. The number of pyridine rings is 1. The van der Waals surface area contributed by atoms with E-state index in [0.717, 1.165) is 37.2 Å². The van der Waals surface area contributed by atoms with Gasteiger partial charge in [0, 0.05) is 31.1 Å². The van der Waals surface area contributed by atoms with Gasteiger partial charge in [-0.15, -0.1) is 5.06 Å². The van der Waals surface area contributed by atoms with Gasteiger partial charge in [-0.1, -0.05) is 20.8 Å². The quantitative estimate of drug-likeness (QED) is 0.354. The topological polar surface area (TPSA) is 43.8 Å². The molecular weight excluding hydrogens is 502 g/mol. The van der Waals surface area contributed by atoms with Crippen LogP contribution in [0, 0.1) is 11.8 Å². The predicted molar refractivity (Wildman–Crippen MR) is 123 cm³/mol. The Bertz CT molecular complexity index is 1060. The van der Waals surface area contributed by atoms with E-state index in [1.54, 1.807) is 5.06 Å². The Hall–Kier alpha value is -2.69. The normalized spacial score (nSPS) is 24.7. The molecule has 0 unspecified atom stereocenters. The van der Waals surface area contributed by atoms with Gasteiger partial charge in [0.1, 0.15) is 6.10 Å². The van der Waals surface area contributed by atoms with E-state index in [2.05, 4.69) is 11.9 Å². The highest BCUT2D eigenvalue weighted by Gasteiger charge is 2.45. The number of piperidine rings is 2. The Kier molecular flexibility index (Phi) is 7.83. The molecule has 11 heteroatoms. The first-order valence-corrected chi connectivity index (χ1v) is 12.3. The van der Waals surface area contributed by atoms with Crippen LogP contribution >= 0.6 is 0 Å². The maximum absolute atomic E-state index is 13.3. The standard InChI is InChI=1S/C26H30F6N2O3/c1-15(2)14-35-23-10-17(25(27,28)29)5-8-22(23)36-20-11-19-7-4-16(3)21(12-20)34(19)37-24-9-6-18(13-33-24)26(30,31)32/h5-6,8-10,13,15-16,19-21H,4,7,11-12,14H2,1-3H3/t16-,19+,20-,21+/m1/s1. The van der Waals surface area contributed by atoms with Crippen LogP contribution in [0.2, 0.25) is 0 Å². The molecule has 2 saturated heterocycles. The van der Waals surface area contributed by atoms with Crippen LogP contribution in [-0.4, -0.2) is 34.8 Å². The van der Waals surface area contributed by atoms with E-state index >= 15 is 0 Å². The molecule has 2 aromatic rings. The average molecular weight is 533 g/mol. The summed E-state index contributed by atoms with van der Waals surface area (Å²) in [6, 6.07) is 5.19. The summed E-state index contributed by atoms with van der Waals surface area (Å²) in [5.41, 5.74) is -1.66. The third-order valence-electron chi connectivity index (χ3n) is 6.74. The molecule has 2 bridgehead atoms. The molecule has 0 amide bonds. The number of alkyl halides is 6. The SMILES string of the molecule is CC(C)COc1cc(C(F)(F)F)ccc1O[C@@H]1C[C@@H]2CC[C@@H](C)[C@H](C1)N2Oc1ccc(C(F)(F)F)cn1. The number of aromatic nitrogens is 1. The molecule has 0 radical (unpaired) electrons. The van der Waals surface area contributed by atoms with E-state index in [4.69, 9.17) is 14.3 Å². The van der Waals surface area contributed by atoms with E-state index in [-0.39, 0.29) is 54.0 Å². The van der Waals surface area contributed by atoms with Crippen molar-refractivity contribution in [3.8, 4) is 17.4 Å². The first-order chi connectivity index (χ1) is 17.3. The summed E-state index contributed by atoms with van der Waals surface area (Å²) in [6.07, 6.45) is -5.74. The molecule has 0 saturated carbocycles. The largest absolute Gasteiger partial charge is 0.489 e. The fourth-order valence-electron chi connectivity index (χ4n) is 4.80. The number of hydrogen-bond acceptors (Lipinski definition) is 5. The molecule has 4 rings (SSSR count). The van der Waals surface area contributed by atoms with Crippen molar-refractivity contribution in [2.75, 3.05) is 6.61 Å². The Balaban J connectivity index is 1.49. The van der Waals surface area contributed by atoms with Crippen LogP contribution in [0.15, 0.2) is 36.5 Å². The average Bonchev–Trinajstić information content (AvgIpc) is 2.80. The van der Waals surface area contributed by atoms with Crippen LogP contribution in [-0.2, 0) is 12.4 Å². The van der Waals surface area contributed by atoms with Crippen LogP contribution < -0.4 is 14.3 Å². The molecule has 0 spiro atoms. The second-order valence-electron chi connectivity index (χ2n) is 10.2. The van der Waals surface area contributed by atoms with Gasteiger partial charge in [-0.2, -0.15) is 26.3 Å². The Morgan fingerprint density at radius 1 is 0.946 bits per heavy atom. The summed E-state index contributed by atoms with van der Waals surface area (Å²) in [7, 11) is 0. The molecule has 1 aromatic heterocycles. The first-order valence-electron chi connectivity index (χ1n) is 12.3. The third-order valence-corrected chi connectivity index (χ3v) is 6.74. The van der Waals surface area contributed by atoms with Gasteiger partial charge in [-0.3, -0.25) is 0 Å². The molecule has 0 aliphatic carbocycles. The highest BCUT2D eigenvalue weighted by atomic mass is 19.4. The smallest absolute Gasteiger partial charge is 0.417 e. The van der Waals surface area contributed by atoms with Crippen molar-refractivity contribution in [1.29, 1.82) is 0 Å². The van der Waals surface area contributed by atoms with Crippen molar-refractivity contribution in [3.05, 3.63) is 47.7 Å². The summed E-state index contributed by atoms with van der Waals surface area (Å²) in [5.74, 6) is 0.698. The summed E-state index contributed by atoms with van der Waals surface area (Å²) in [5, 5.41) is 1.80. The minimum absolute atomic E-state index is 0.0503. The van der Waals surface area contributed by atoms with E-state index in [0.29, 0.717) is 12.8 Å². The molecule has 2 aliphatic rings. The van der Waals surface area contributed by atoms with Gasteiger partial charge in [0.2, 0.25) is 5.88 Å². The van der Waals surface area contributed by atoms with E-state index in [1.807, 2.05) is 13.8 Å². The number of nitrogens with zero attached hydrogens (tertiary/aromatic N) is 2. The van der Waals surface area contributed by atoms with Gasteiger partial charge in [-0.05, 0) is 48.9 Å². The van der Waals surface area contributed by atoms with Crippen molar-refractivity contribution in [3.63, 3.8) is 0 Å². The van der Waals surface area contributed by atoms with Gasteiger partial charge < -0.3 is 14.3 Å². The Labute approximate surface area is 211 Å².